The van der Waals surface area contributed by atoms with Crippen molar-refractivity contribution in [2.75, 3.05) is 13.7 Å². The topological polar surface area (TPSA) is 21.3 Å². The van der Waals surface area contributed by atoms with Gasteiger partial charge in [0.25, 0.3) is 0 Å². The van der Waals surface area contributed by atoms with Gasteiger partial charge in [0.15, 0.2) is 0 Å². The summed E-state index contributed by atoms with van der Waals surface area (Å²) in [6.07, 6.45) is 2.04. The van der Waals surface area contributed by atoms with E-state index in [0.717, 1.165) is 24.4 Å². The van der Waals surface area contributed by atoms with Crippen LogP contribution in [0.25, 0.3) is 0 Å². The molecule has 0 saturated heterocycles. The van der Waals surface area contributed by atoms with Crippen molar-refractivity contribution in [3.63, 3.8) is 0 Å². The highest BCUT2D eigenvalue weighted by Crippen LogP contribution is 2.26. The fraction of sp³-hybridized carbons (Fsp3) is 0.600. The lowest BCUT2D eigenvalue weighted by Gasteiger charge is -2.26. The molecule has 3 heteroatoms. The summed E-state index contributed by atoms with van der Waals surface area (Å²) in [4.78, 5) is 0. The van der Waals surface area contributed by atoms with Crippen LogP contribution >= 0.6 is 11.6 Å². The SMILES string of the molecule is CCNC(CCC(C)(C)OC)c1cccc(Cl)c1. The molecule has 0 fully saturated rings. The van der Waals surface area contributed by atoms with Crippen LogP contribution in [0.2, 0.25) is 5.02 Å². The summed E-state index contributed by atoms with van der Waals surface area (Å²) in [5, 5.41) is 4.30. The fourth-order valence-electron chi connectivity index (χ4n) is 1.95. The number of hydrogen-bond acceptors (Lipinski definition) is 2. The maximum absolute atomic E-state index is 6.05. The van der Waals surface area contributed by atoms with Crippen LogP contribution in [0, 0.1) is 0 Å². The molecule has 1 atom stereocenters. The Morgan fingerprint density at radius 3 is 2.67 bits per heavy atom. The van der Waals surface area contributed by atoms with Gasteiger partial charge in [0, 0.05) is 18.2 Å². The summed E-state index contributed by atoms with van der Waals surface area (Å²) >= 11 is 6.05. The predicted molar refractivity (Wildman–Crippen MR) is 78.2 cm³/mol. The van der Waals surface area contributed by atoms with Crippen LogP contribution in [0.3, 0.4) is 0 Å². The second-order valence-corrected chi connectivity index (χ2v) is 5.60. The molecule has 0 aliphatic carbocycles. The average Bonchev–Trinajstić information content (AvgIpc) is 2.34. The number of benzene rings is 1. The van der Waals surface area contributed by atoms with Gasteiger partial charge in [-0.05, 0) is 50.9 Å². The van der Waals surface area contributed by atoms with Crippen molar-refractivity contribution >= 4 is 11.6 Å². The van der Waals surface area contributed by atoms with Crippen molar-refractivity contribution in [1.29, 1.82) is 0 Å². The monoisotopic (exact) mass is 269 g/mol. The van der Waals surface area contributed by atoms with E-state index < -0.39 is 0 Å². The third-order valence-electron chi connectivity index (χ3n) is 3.29. The van der Waals surface area contributed by atoms with Crippen molar-refractivity contribution in [2.24, 2.45) is 0 Å². The van der Waals surface area contributed by atoms with Gasteiger partial charge in [0.1, 0.15) is 0 Å². The first-order valence-corrected chi connectivity index (χ1v) is 6.90. The molecule has 0 aromatic heterocycles. The lowest BCUT2D eigenvalue weighted by Crippen LogP contribution is -2.27. The average molecular weight is 270 g/mol. The predicted octanol–water partition coefficient (Wildman–Crippen LogP) is 4.20. The maximum Gasteiger partial charge on any atom is 0.0623 e. The van der Waals surface area contributed by atoms with E-state index >= 15 is 0 Å². The minimum atomic E-state index is -0.0771. The quantitative estimate of drug-likeness (QED) is 0.801. The Labute approximate surface area is 116 Å². The molecule has 1 N–H and O–H groups in total. The lowest BCUT2D eigenvalue weighted by molar-refractivity contribution is 0.0117. The van der Waals surface area contributed by atoms with Crippen LogP contribution in [0.15, 0.2) is 24.3 Å². The first-order valence-electron chi connectivity index (χ1n) is 6.52. The molecule has 0 heterocycles. The van der Waals surface area contributed by atoms with Crippen LogP contribution in [-0.4, -0.2) is 19.3 Å². The first-order chi connectivity index (χ1) is 8.48. The Morgan fingerprint density at radius 2 is 2.11 bits per heavy atom. The number of rotatable bonds is 7. The number of ether oxygens (including phenoxy) is 1. The Hall–Kier alpha value is -0.570. The molecule has 1 aromatic carbocycles. The normalized spacial score (nSPS) is 13.6. The largest absolute Gasteiger partial charge is 0.379 e. The zero-order chi connectivity index (χ0) is 13.6. The second kappa shape index (κ2) is 7.13. The van der Waals surface area contributed by atoms with Crippen molar-refractivity contribution in [3.8, 4) is 0 Å². The molecule has 1 aromatic rings. The number of halogens is 1. The van der Waals surface area contributed by atoms with Crippen molar-refractivity contribution in [3.05, 3.63) is 34.9 Å². The lowest BCUT2D eigenvalue weighted by atomic mass is 9.95. The molecular formula is C15H24ClNO. The van der Waals surface area contributed by atoms with E-state index in [0.29, 0.717) is 6.04 Å². The zero-order valence-electron chi connectivity index (χ0n) is 11.8. The summed E-state index contributed by atoms with van der Waals surface area (Å²) in [7, 11) is 1.77. The molecular weight excluding hydrogens is 246 g/mol. The highest BCUT2D eigenvalue weighted by Gasteiger charge is 2.19. The minimum absolute atomic E-state index is 0.0771. The van der Waals surface area contributed by atoms with Gasteiger partial charge in [-0.2, -0.15) is 0 Å². The minimum Gasteiger partial charge on any atom is -0.379 e. The van der Waals surface area contributed by atoms with E-state index in [-0.39, 0.29) is 5.60 Å². The number of methoxy groups -OCH3 is 1. The van der Waals surface area contributed by atoms with Crippen molar-refractivity contribution < 1.29 is 4.74 Å². The van der Waals surface area contributed by atoms with E-state index in [1.165, 1.54) is 5.56 Å². The van der Waals surface area contributed by atoms with Gasteiger partial charge < -0.3 is 10.1 Å². The molecule has 0 radical (unpaired) electrons. The van der Waals surface area contributed by atoms with Crippen LogP contribution in [0.5, 0.6) is 0 Å². The van der Waals surface area contributed by atoms with E-state index in [4.69, 9.17) is 16.3 Å². The maximum atomic E-state index is 6.05. The highest BCUT2D eigenvalue weighted by atomic mass is 35.5. The third-order valence-corrected chi connectivity index (χ3v) is 3.52. The summed E-state index contributed by atoms with van der Waals surface area (Å²) in [6, 6.07) is 8.41. The van der Waals surface area contributed by atoms with Crippen LogP contribution in [-0.2, 0) is 4.74 Å². The standard InChI is InChI=1S/C15H24ClNO/c1-5-17-14(9-10-15(2,3)18-4)12-7-6-8-13(16)11-12/h6-8,11,14,17H,5,9-10H2,1-4H3. The smallest absolute Gasteiger partial charge is 0.0623 e. The van der Waals surface area contributed by atoms with Crippen molar-refractivity contribution in [2.45, 2.75) is 45.3 Å². The molecule has 0 saturated carbocycles. The molecule has 0 spiro atoms. The summed E-state index contributed by atoms with van der Waals surface area (Å²) in [6.45, 7) is 7.31. The first kappa shape index (κ1) is 15.5. The number of hydrogen-bond donors (Lipinski definition) is 1. The number of nitrogens with one attached hydrogen (secondary N) is 1. The third kappa shape index (κ3) is 4.97. The Balaban J connectivity index is 2.71. The summed E-state index contributed by atoms with van der Waals surface area (Å²) in [5.41, 5.74) is 1.17. The van der Waals surface area contributed by atoms with Crippen LogP contribution < -0.4 is 5.32 Å². The molecule has 102 valence electrons. The summed E-state index contributed by atoms with van der Waals surface area (Å²) < 4.78 is 5.47. The van der Waals surface area contributed by atoms with Gasteiger partial charge in [-0.3, -0.25) is 0 Å². The highest BCUT2D eigenvalue weighted by molar-refractivity contribution is 6.30. The van der Waals surface area contributed by atoms with Gasteiger partial charge in [-0.25, -0.2) is 0 Å². The molecule has 0 aliphatic heterocycles. The molecule has 0 bridgehead atoms. The molecule has 18 heavy (non-hydrogen) atoms. The Morgan fingerprint density at radius 1 is 1.39 bits per heavy atom. The van der Waals surface area contributed by atoms with Gasteiger partial charge in [0.2, 0.25) is 0 Å². The van der Waals surface area contributed by atoms with Gasteiger partial charge in [-0.1, -0.05) is 30.7 Å². The van der Waals surface area contributed by atoms with E-state index in [2.05, 4.69) is 32.2 Å². The van der Waals surface area contributed by atoms with E-state index in [1.807, 2.05) is 18.2 Å². The van der Waals surface area contributed by atoms with Crippen molar-refractivity contribution in [1.82, 2.24) is 5.32 Å². The van der Waals surface area contributed by atoms with E-state index in [1.54, 1.807) is 7.11 Å². The molecule has 1 unspecified atom stereocenters. The Kier molecular flexibility index (Phi) is 6.13. The summed E-state index contributed by atoms with van der Waals surface area (Å²) in [5.74, 6) is 0. The zero-order valence-corrected chi connectivity index (χ0v) is 12.6. The van der Waals surface area contributed by atoms with Gasteiger partial charge >= 0.3 is 0 Å². The fourth-order valence-corrected chi connectivity index (χ4v) is 2.15. The molecule has 0 amide bonds. The van der Waals surface area contributed by atoms with Crippen LogP contribution in [0.4, 0.5) is 0 Å². The Bertz CT molecular complexity index is 365. The molecule has 0 aliphatic rings. The van der Waals surface area contributed by atoms with Gasteiger partial charge in [-0.15, -0.1) is 0 Å². The van der Waals surface area contributed by atoms with E-state index in [9.17, 15) is 0 Å². The molecule has 2 nitrogen and oxygen atoms in total. The molecule has 1 rings (SSSR count). The van der Waals surface area contributed by atoms with Gasteiger partial charge in [0.05, 0.1) is 5.60 Å². The van der Waals surface area contributed by atoms with Crippen LogP contribution in [0.1, 0.15) is 45.2 Å². The second-order valence-electron chi connectivity index (χ2n) is 5.17.